The first-order chi connectivity index (χ1) is 6.27. The molecule has 1 aromatic rings. The number of aryl methyl sites for hydroxylation is 1. The Labute approximate surface area is 76.1 Å². The van der Waals surface area contributed by atoms with Crippen LogP contribution in [0.3, 0.4) is 0 Å². The fraction of sp³-hybridized carbons (Fsp3) is 0.500. The smallest absolute Gasteiger partial charge is 0.269 e. The minimum Gasteiger partial charge on any atom is -0.345 e. The third-order valence-corrected chi connectivity index (χ3v) is 2.17. The second-order valence-electron chi connectivity index (χ2n) is 3.17. The molecule has 0 aromatic carbocycles. The molecule has 0 spiro atoms. The van der Waals surface area contributed by atoms with Crippen LogP contribution in [0.15, 0.2) is 12.3 Å². The van der Waals surface area contributed by atoms with Crippen LogP contribution in [0.5, 0.6) is 0 Å². The Morgan fingerprint density at radius 1 is 1.77 bits per heavy atom. The minimum absolute atomic E-state index is 0.0495. The molecule has 1 aliphatic heterocycles. The van der Waals surface area contributed by atoms with E-state index in [1.807, 2.05) is 0 Å². The van der Waals surface area contributed by atoms with Crippen molar-refractivity contribution >= 4 is 5.91 Å². The average Bonchev–Trinajstić information content (AvgIpc) is 2.43. The number of hydrogen-bond donors (Lipinski definition) is 2. The maximum absolute atomic E-state index is 11.5. The summed E-state index contributed by atoms with van der Waals surface area (Å²) in [7, 11) is 1.76. The second-order valence-corrected chi connectivity index (χ2v) is 3.17. The highest BCUT2D eigenvalue weighted by Gasteiger charge is 2.20. The van der Waals surface area contributed by atoms with Gasteiger partial charge in [-0.3, -0.25) is 9.48 Å². The van der Waals surface area contributed by atoms with Crippen molar-refractivity contribution in [3.05, 3.63) is 18.0 Å². The standard InChI is InChI=1S/C8H12N4O/c1-12-7(2-3-10-12)8(13)11-6-4-9-5-6/h2-3,6,9H,4-5H2,1H3,(H,11,13). The van der Waals surface area contributed by atoms with Gasteiger partial charge in [0.05, 0.1) is 6.04 Å². The number of aromatic nitrogens is 2. The monoisotopic (exact) mass is 180 g/mol. The van der Waals surface area contributed by atoms with Gasteiger partial charge in [0.1, 0.15) is 5.69 Å². The van der Waals surface area contributed by atoms with Gasteiger partial charge in [-0.15, -0.1) is 0 Å². The Bertz CT molecular complexity index is 316. The molecule has 5 heteroatoms. The number of hydrogen-bond acceptors (Lipinski definition) is 3. The minimum atomic E-state index is -0.0495. The van der Waals surface area contributed by atoms with E-state index in [2.05, 4.69) is 15.7 Å². The first-order valence-electron chi connectivity index (χ1n) is 4.27. The molecular weight excluding hydrogens is 168 g/mol. The highest BCUT2D eigenvalue weighted by molar-refractivity contribution is 5.92. The molecule has 0 aliphatic carbocycles. The molecular formula is C8H12N4O. The lowest BCUT2D eigenvalue weighted by Crippen LogP contribution is -2.57. The van der Waals surface area contributed by atoms with Crippen LogP contribution in [0.1, 0.15) is 10.5 Å². The van der Waals surface area contributed by atoms with Crippen molar-refractivity contribution in [3.8, 4) is 0 Å². The van der Waals surface area contributed by atoms with Crippen molar-refractivity contribution in [1.82, 2.24) is 20.4 Å². The summed E-state index contributed by atoms with van der Waals surface area (Å²) in [5.41, 5.74) is 0.604. The van der Waals surface area contributed by atoms with E-state index in [1.54, 1.807) is 24.0 Å². The van der Waals surface area contributed by atoms with Gasteiger partial charge in [0.25, 0.3) is 5.91 Å². The van der Waals surface area contributed by atoms with Crippen LogP contribution < -0.4 is 10.6 Å². The molecule has 0 saturated carbocycles. The van der Waals surface area contributed by atoms with E-state index in [1.165, 1.54) is 0 Å². The van der Waals surface area contributed by atoms with Crippen LogP contribution in [0, 0.1) is 0 Å². The molecule has 1 saturated heterocycles. The zero-order chi connectivity index (χ0) is 9.26. The number of amides is 1. The molecule has 0 atom stereocenters. The molecule has 2 rings (SSSR count). The Hall–Kier alpha value is -1.36. The topological polar surface area (TPSA) is 59.0 Å². The van der Waals surface area contributed by atoms with Gasteiger partial charge in [-0.2, -0.15) is 5.10 Å². The van der Waals surface area contributed by atoms with Crippen LogP contribution in [0.2, 0.25) is 0 Å². The largest absolute Gasteiger partial charge is 0.345 e. The predicted octanol–water partition coefficient (Wildman–Crippen LogP) is -0.878. The second kappa shape index (κ2) is 3.18. The normalized spacial score (nSPS) is 16.7. The number of carbonyl (C=O) groups is 1. The van der Waals surface area contributed by atoms with Crippen molar-refractivity contribution in [3.63, 3.8) is 0 Å². The van der Waals surface area contributed by atoms with E-state index in [-0.39, 0.29) is 11.9 Å². The molecule has 0 unspecified atom stereocenters. The van der Waals surface area contributed by atoms with Gasteiger partial charge in [0, 0.05) is 26.3 Å². The Kier molecular flexibility index (Phi) is 2.02. The van der Waals surface area contributed by atoms with Crippen LogP contribution in [0.25, 0.3) is 0 Å². The summed E-state index contributed by atoms with van der Waals surface area (Å²) >= 11 is 0. The first kappa shape index (κ1) is 8.25. The molecule has 0 radical (unpaired) electrons. The Balaban J connectivity index is 2.00. The summed E-state index contributed by atoms with van der Waals surface area (Å²) in [6.07, 6.45) is 1.62. The molecule has 2 N–H and O–H groups in total. The molecule has 5 nitrogen and oxygen atoms in total. The van der Waals surface area contributed by atoms with E-state index in [0.717, 1.165) is 13.1 Å². The van der Waals surface area contributed by atoms with E-state index >= 15 is 0 Å². The summed E-state index contributed by atoms with van der Waals surface area (Å²) in [6.45, 7) is 1.73. The molecule has 0 bridgehead atoms. The van der Waals surface area contributed by atoms with Crippen LogP contribution >= 0.6 is 0 Å². The highest BCUT2D eigenvalue weighted by Crippen LogP contribution is 1.98. The lowest BCUT2D eigenvalue weighted by atomic mass is 10.2. The number of carbonyl (C=O) groups excluding carboxylic acids is 1. The Morgan fingerprint density at radius 3 is 3.00 bits per heavy atom. The van der Waals surface area contributed by atoms with E-state index in [0.29, 0.717) is 5.69 Å². The van der Waals surface area contributed by atoms with Crippen molar-refractivity contribution in [2.24, 2.45) is 7.05 Å². The van der Waals surface area contributed by atoms with Crippen LogP contribution in [0.4, 0.5) is 0 Å². The quantitative estimate of drug-likeness (QED) is 0.621. The fourth-order valence-electron chi connectivity index (χ4n) is 1.25. The molecule has 1 aliphatic rings. The molecule has 13 heavy (non-hydrogen) atoms. The van der Waals surface area contributed by atoms with E-state index < -0.39 is 0 Å². The van der Waals surface area contributed by atoms with Crippen molar-refractivity contribution in [1.29, 1.82) is 0 Å². The van der Waals surface area contributed by atoms with E-state index in [9.17, 15) is 4.79 Å². The number of nitrogens with one attached hydrogen (secondary N) is 2. The van der Waals surface area contributed by atoms with Crippen molar-refractivity contribution < 1.29 is 4.79 Å². The lowest BCUT2D eigenvalue weighted by molar-refractivity contribution is 0.0914. The molecule has 1 amide bonds. The van der Waals surface area contributed by atoms with Gasteiger partial charge < -0.3 is 10.6 Å². The predicted molar refractivity (Wildman–Crippen MR) is 47.3 cm³/mol. The lowest BCUT2D eigenvalue weighted by Gasteiger charge is -2.27. The molecule has 2 heterocycles. The number of rotatable bonds is 2. The maximum Gasteiger partial charge on any atom is 0.269 e. The summed E-state index contributed by atoms with van der Waals surface area (Å²) in [4.78, 5) is 11.5. The van der Waals surface area contributed by atoms with Gasteiger partial charge >= 0.3 is 0 Å². The van der Waals surface area contributed by atoms with Crippen LogP contribution in [-0.2, 0) is 7.05 Å². The zero-order valence-electron chi connectivity index (χ0n) is 7.45. The summed E-state index contributed by atoms with van der Waals surface area (Å²) < 4.78 is 1.57. The maximum atomic E-state index is 11.5. The van der Waals surface area contributed by atoms with Crippen molar-refractivity contribution in [2.45, 2.75) is 6.04 Å². The van der Waals surface area contributed by atoms with Crippen molar-refractivity contribution in [2.75, 3.05) is 13.1 Å². The van der Waals surface area contributed by atoms with Gasteiger partial charge in [0.15, 0.2) is 0 Å². The zero-order valence-corrected chi connectivity index (χ0v) is 7.45. The third kappa shape index (κ3) is 1.55. The first-order valence-corrected chi connectivity index (χ1v) is 4.27. The SMILES string of the molecule is Cn1nccc1C(=O)NC1CNC1. The van der Waals surface area contributed by atoms with Gasteiger partial charge in [-0.25, -0.2) is 0 Å². The van der Waals surface area contributed by atoms with Gasteiger partial charge in [-0.05, 0) is 6.07 Å². The van der Waals surface area contributed by atoms with Gasteiger partial charge in [-0.1, -0.05) is 0 Å². The fourth-order valence-corrected chi connectivity index (χ4v) is 1.25. The Morgan fingerprint density at radius 2 is 2.54 bits per heavy atom. The summed E-state index contributed by atoms with van der Waals surface area (Å²) in [6, 6.07) is 1.99. The van der Waals surface area contributed by atoms with Gasteiger partial charge in [0.2, 0.25) is 0 Å². The summed E-state index contributed by atoms with van der Waals surface area (Å²) in [5, 5.41) is 9.92. The van der Waals surface area contributed by atoms with E-state index in [4.69, 9.17) is 0 Å². The third-order valence-electron chi connectivity index (χ3n) is 2.17. The molecule has 1 aromatic heterocycles. The average molecular weight is 180 g/mol. The number of nitrogens with zero attached hydrogens (tertiary/aromatic N) is 2. The molecule has 70 valence electrons. The highest BCUT2D eigenvalue weighted by atomic mass is 16.2. The summed E-state index contributed by atoms with van der Waals surface area (Å²) in [5.74, 6) is -0.0495. The van der Waals surface area contributed by atoms with Crippen LogP contribution in [-0.4, -0.2) is 34.8 Å². The molecule has 1 fully saturated rings.